The molecule has 1 N–H and O–H groups in total. The third-order valence-corrected chi connectivity index (χ3v) is 7.55. The molecular weight excluding hydrogens is 432 g/mol. The van der Waals surface area contributed by atoms with Crippen LogP contribution in [0.2, 0.25) is 0 Å². The van der Waals surface area contributed by atoms with E-state index in [0.29, 0.717) is 11.8 Å². The van der Waals surface area contributed by atoms with E-state index in [2.05, 4.69) is 20.8 Å². The highest BCUT2D eigenvalue weighted by atomic mass is 16.5. The largest absolute Gasteiger partial charge is 0.463 e. The Bertz CT molecular complexity index is 433. The van der Waals surface area contributed by atoms with Gasteiger partial charge in [0.2, 0.25) is 0 Å². The highest BCUT2D eigenvalue weighted by Gasteiger charge is 2.16. The maximum absolute atomic E-state index is 11.3. The van der Waals surface area contributed by atoms with E-state index in [1.165, 1.54) is 141 Å². The van der Waals surface area contributed by atoms with Gasteiger partial charge in [-0.2, -0.15) is 0 Å². The molecule has 0 fully saturated rings. The SMILES string of the molecule is CCCCCCCCCCCCC(C)(C)CCCCCCCCCCCCCCC(=O)OCCO. The van der Waals surface area contributed by atoms with Crippen molar-refractivity contribution in [2.24, 2.45) is 5.41 Å². The minimum atomic E-state index is -0.170. The van der Waals surface area contributed by atoms with Gasteiger partial charge in [-0.1, -0.05) is 156 Å². The molecule has 0 aromatic carbocycles. The normalized spacial score (nSPS) is 11.8. The fourth-order valence-corrected chi connectivity index (χ4v) is 5.09. The summed E-state index contributed by atoms with van der Waals surface area (Å²) in [6.07, 6.45) is 33.4. The first-order chi connectivity index (χ1) is 17.0. The molecule has 0 heterocycles. The lowest BCUT2D eigenvalue weighted by molar-refractivity contribution is -0.144. The number of ether oxygens (including phenoxy) is 1. The van der Waals surface area contributed by atoms with E-state index in [1.807, 2.05) is 0 Å². The second-order valence-electron chi connectivity index (χ2n) is 11.8. The van der Waals surface area contributed by atoms with Crippen LogP contribution in [0.1, 0.15) is 181 Å². The molecule has 0 aliphatic heterocycles. The second-order valence-corrected chi connectivity index (χ2v) is 11.8. The fraction of sp³-hybridized carbons (Fsp3) is 0.969. The average molecular weight is 497 g/mol. The van der Waals surface area contributed by atoms with Gasteiger partial charge in [-0.25, -0.2) is 0 Å². The van der Waals surface area contributed by atoms with Crippen LogP contribution in [0.4, 0.5) is 0 Å². The molecule has 0 spiro atoms. The molecule has 0 rings (SSSR count). The highest BCUT2D eigenvalue weighted by Crippen LogP contribution is 2.30. The minimum absolute atomic E-state index is 0.0800. The quantitative estimate of drug-likeness (QED) is 0.0865. The summed E-state index contributed by atoms with van der Waals surface area (Å²) in [4.78, 5) is 11.3. The van der Waals surface area contributed by atoms with Crippen molar-refractivity contribution in [3.63, 3.8) is 0 Å². The van der Waals surface area contributed by atoms with Gasteiger partial charge in [-0.15, -0.1) is 0 Å². The van der Waals surface area contributed by atoms with Crippen molar-refractivity contribution in [2.45, 2.75) is 181 Å². The summed E-state index contributed by atoms with van der Waals surface area (Å²) >= 11 is 0. The Hall–Kier alpha value is -0.570. The molecule has 0 aliphatic rings. The van der Waals surface area contributed by atoms with Crippen LogP contribution >= 0.6 is 0 Å². The second kappa shape index (κ2) is 26.5. The Morgan fingerprint density at radius 1 is 0.571 bits per heavy atom. The maximum atomic E-state index is 11.3. The summed E-state index contributed by atoms with van der Waals surface area (Å²) in [6.45, 7) is 7.33. The van der Waals surface area contributed by atoms with Crippen molar-refractivity contribution in [1.29, 1.82) is 0 Å². The number of carbonyl (C=O) groups excluding carboxylic acids is 1. The zero-order valence-electron chi connectivity index (χ0n) is 24.4. The van der Waals surface area contributed by atoms with Gasteiger partial charge in [0.05, 0.1) is 6.61 Å². The Kier molecular flexibility index (Phi) is 26.1. The molecule has 0 aromatic heterocycles. The smallest absolute Gasteiger partial charge is 0.305 e. The predicted molar refractivity (Wildman–Crippen MR) is 153 cm³/mol. The van der Waals surface area contributed by atoms with E-state index in [9.17, 15) is 4.79 Å². The molecule has 0 aromatic rings. The lowest BCUT2D eigenvalue weighted by Gasteiger charge is -2.24. The van der Waals surface area contributed by atoms with Gasteiger partial charge < -0.3 is 9.84 Å². The van der Waals surface area contributed by atoms with Gasteiger partial charge in [0, 0.05) is 6.42 Å². The highest BCUT2D eigenvalue weighted by molar-refractivity contribution is 5.69. The molecular formula is C32H64O3. The van der Waals surface area contributed by atoms with E-state index in [-0.39, 0.29) is 19.2 Å². The van der Waals surface area contributed by atoms with Gasteiger partial charge >= 0.3 is 5.97 Å². The van der Waals surface area contributed by atoms with Gasteiger partial charge in [0.1, 0.15) is 6.61 Å². The average Bonchev–Trinajstić information content (AvgIpc) is 2.84. The molecule has 3 heteroatoms. The van der Waals surface area contributed by atoms with Gasteiger partial charge in [-0.3, -0.25) is 4.79 Å². The number of aliphatic hydroxyl groups is 1. The number of rotatable bonds is 28. The molecule has 0 bridgehead atoms. The van der Waals surface area contributed by atoms with Crippen molar-refractivity contribution >= 4 is 5.97 Å². The van der Waals surface area contributed by atoms with Crippen molar-refractivity contribution < 1.29 is 14.6 Å². The lowest BCUT2D eigenvalue weighted by atomic mass is 9.82. The summed E-state index contributed by atoms with van der Waals surface area (Å²) in [7, 11) is 0. The van der Waals surface area contributed by atoms with E-state index in [0.717, 1.165) is 12.8 Å². The summed E-state index contributed by atoms with van der Waals surface area (Å²) in [5, 5.41) is 8.62. The molecule has 0 radical (unpaired) electrons. The van der Waals surface area contributed by atoms with Crippen LogP contribution in [0.5, 0.6) is 0 Å². The Morgan fingerprint density at radius 2 is 0.914 bits per heavy atom. The lowest BCUT2D eigenvalue weighted by Crippen LogP contribution is -2.11. The van der Waals surface area contributed by atoms with Gasteiger partial charge in [-0.05, 0) is 24.7 Å². The van der Waals surface area contributed by atoms with Crippen LogP contribution in [0.25, 0.3) is 0 Å². The van der Waals surface area contributed by atoms with E-state index >= 15 is 0 Å². The molecule has 0 atom stereocenters. The molecule has 0 saturated carbocycles. The van der Waals surface area contributed by atoms with Crippen molar-refractivity contribution in [3.05, 3.63) is 0 Å². The first-order valence-electron chi connectivity index (χ1n) is 15.8. The van der Waals surface area contributed by atoms with Crippen LogP contribution in [0.15, 0.2) is 0 Å². The summed E-state index contributed by atoms with van der Waals surface area (Å²) < 4.78 is 4.87. The van der Waals surface area contributed by atoms with E-state index in [4.69, 9.17) is 9.84 Å². The monoisotopic (exact) mass is 496 g/mol. The number of unbranched alkanes of at least 4 members (excludes halogenated alkanes) is 20. The summed E-state index contributed by atoms with van der Waals surface area (Å²) in [6, 6.07) is 0. The molecule has 0 amide bonds. The van der Waals surface area contributed by atoms with Crippen molar-refractivity contribution in [3.8, 4) is 0 Å². The minimum Gasteiger partial charge on any atom is -0.463 e. The molecule has 210 valence electrons. The van der Waals surface area contributed by atoms with Crippen molar-refractivity contribution in [2.75, 3.05) is 13.2 Å². The zero-order chi connectivity index (χ0) is 25.9. The molecule has 0 unspecified atom stereocenters. The molecule has 3 nitrogen and oxygen atoms in total. The third kappa shape index (κ3) is 27.9. The van der Waals surface area contributed by atoms with Crippen LogP contribution in [-0.2, 0) is 9.53 Å². The fourth-order valence-electron chi connectivity index (χ4n) is 5.09. The molecule has 0 aliphatic carbocycles. The van der Waals surface area contributed by atoms with Gasteiger partial charge in [0.15, 0.2) is 0 Å². The maximum Gasteiger partial charge on any atom is 0.305 e. The topological polar surface area (TPSA) is 46.5 Å². The summed E-state index contributed by atoms with van der Waals surface area (Å²) in [5.74, 6) is -0.170. The Labute approximate surface area is 220 Å². The molecule has 35 heavy (non-hydrogen) atoms. The standard InChI is InChI=1S/C32H64O3/c1-4-5-6-7-8-9-15-18-21-24-27-32(2,3)28-25-22-19-16-13-11-10-12-14-17-20-23-26-31(34)35-30-29-33/h33H,4-30H2,1-3H3. The van der Waals surface area contributed by atoms with Crippen LogP contribution in [0.3, 0.4) is 0 Å². The number of aliphatic hydroxyl groups excluding tert-OH is 1. The Morgan fingerprint density at radius 3 is 1.29 bits per heavy atom. The van der Waals surface area contributed by atoms with Crippen LogP contribution in [-0.4, -0.2) is 24.3 Å². The molecule has 0 saturated heterocycles. The summed E-state index contributed by atoms with van der Waals surface area (Å²) in [5.41, 5.74) is 0.542. The third-order valence-electron chi connectivity index (χ3n) is 7.55. The number of esters is 1. The Balaban J connectivity index is 3.31. The first kappa shape index (κ1) is 34.4. The van der Waals surface area contributed by atoms with E-state index in [1.54, 1.807) is 0 Å². The number of carbonyl (C=O) groups is 1. The zero-order valence-corrected chi connectivity index (χ0v) is 24.4. The van der Waals surface area contributed by atoms with Crippen LogP contribution < -0.4 is 0 Å². The van der Waals surface area contributed by atoms with Crippen molar-refractivity contribution in [1.82, 2.24) is 0 Å². The number of hydrogen-bond donors (Lipinski definition) is 1. The first-order valence-corrected chi connectivity index (χ1v) is 15.8. The van der Waals surface area contributed by atoms with Crippen LogP contribution in [0, 0.1) is 5.41 Å². The van der Waals surface area contributed by atoms with E-state index < -0.39 is 0 Å². The van der Waals surface area contributed by atoms with Gasteiger partial charge in [0.25, 0.3) is 0 Å². The predicted octanol–water partition coefficient (Wildman–Crippen LogP) is 10.3. The number of hydrogen-bond acceptors (Lipinski definition) is 3.